The number of carbonyl (C=O) groups excluding carboxylic acids is 2. The summed E-state index contributed by atoms with van der Waals surface area (Å²) < 4.78 is 4.53. The third kappa shape index (κ3) is 4.10. The van der Waals surface area contributed by atoms with Gasteiger partial charge in [0.25, 0.3) is 5.56 Å². The van der Waals surface area contributed by atoms with E-state index in [1.807, 2.05) is 0 Å². The van der Waals surface area contributed by atoms with Crippen LogP contribution in [0.25, 0.3) is 0 Å². The minimum Gasteiger partial charge on any atom is -0.507 e. The summed E-state index contributed by atoms with van der Waals surface area (Å²) in [6, 6.07) is 5.01. The molecule has 120 valence electrons. The number of thioether (sulfide) groups is 1. The SMILES string of the molecule is COC(=O)c1cc(C(=O)CSc2nc(N)cc(=O)[nH]2)ccc1O. The zero-order chi connectivity index (χ0) is 17.0. The van der Waals surface area contributed by atoms with Crippen LogP contribution >= 0.6 is 11.8 Å². The number of nitrogens with one attached hydrogen (secondary N) is 1. The molecule has 8 nitrogen and oxygen atoms in total. The molecule has 0 radical (unpaired) electrons. The fraction of sp³-hybridized carbons (Fsp3) is 0.143. The third-order valence-corrected chi connectivity index (χ3v) is 3.68. The van der Waals surface area contributed by atoms with E-state index in [1.54, 1.807) is 0 Å². The van der Waals surface area contributed by atoms with Gasteiger partial charge in [-0.3, -0.25) is 9.59 Å². The van der Waals surface area contributed by atoms with Crippen LogP contribution in [0.15, 0.2) is 34.2 Å². The smallest absolute Gasteiger partial charge is 0.341 e. The summed E-state index contributed by atoms with van der Waals surface area (Å²) in [4.78, 5) is 41.3. The monoisotopic (exact) mass is 335 g/mol. The first-order chi connectivity index (χ1) is 10.9. The van der Waals surface area contributed by atoms with Crippen molar-refractivity contribution in [2.45, 2.75) is 5.16 Å². The molecule has 0 atom stereocenters. The first-order valence-electron chi connectivity index (χ1n) is 6.35. The first-order valence-corrected chi connectivity index (χ1v) is 7.33. The maximum Gasteiger partial charge on any atom is 0.341 e. The standard InChI is InChI=1S/C14H13N3O5S/c1-22-13(21)8-4-7(2-3-9(8)18)10(19)6-23-14-16-11(15)5-12(20)17-14/h2-5,18H,6H2,1H3,(H3,15,16,17,20). The topological polar surface area (TPSA) is 135 Å². The van der Waals surface area contributed by atoms with Crippen LogP contribution < -0.4 is 11.3 Å². The molecule has 0 saturated heterocycles. The number of aromatic amines is 1. The number of aromatic nitrogens is 2. The van der Waals surface area contributed by atoms with E-state index in [0.29, 0.717) is 0 Å². The zero-order valence-corrected chi connectivity index (χ0v) is 12.8. The molecule has 4 N–H and O–H groups in total. The number of H-pyrrole nitrogens is 1. The van der Waals surface area contributed by atoms with Crippen molar-refractivity contribution in [2.75, 3.05) is 18.6 Å². The molecule has 1 heterocycles. The molecule has 2 rings (SSSR count). The molecule has 0 fully saturated rings. The van der Waals surface area contributed by atoms with E-state index < -0.39 is 11.5 Å². The summed E-state index contributed by atoms with van der Waals surface area (Å²) in [6.07, 6.45) is 0. The molecule has 0 aliphatic rings. The first kappa shape index (κ1) is 16.6. The van der Waals surface area contributed by atoms with E-state index in [9.17, 15) is 19.5 Å². The number of ketones is 1. The normalized spacial score (nSPS) is 10.3. The number of nitrogen functional groups attached to an aromatic ring is 1. The number of benzene rings is 1. The quantitative estimate of drug-likeness (QED) is 0.316. The lowest BCUT2D eigenvalue weighted by Gasteiger charge is -2.06. The number of esters is 1. The summed E-state index contributed by atoms with van der Waals surface area (Å²) in [5.74, 6) is -1.31. The Bertz CT molecular complexity index is 818. The van der Waals surface area contributed by atoms with Gasteiger partial charge in [0.2, 0.25) is 0 Å². The maximum atomic E-state index is 12.2. The van der Waals surface area contributed by atoms with E-state index in [2.05, 4.69) is 14.7 Å². The highest BCUT2D eigenvalue weighted by molar-refractivity contribution is 7.99. The fourth-order valence-corrected chi connectivity index (χ4v) is 2.50. The van der Waals surface area contributed by atoms with Gasteiger partial charge in [-0.25, -0.2) is 9.78 Å². The van der Waals surface area contributed by atoms with Gasteiger partial charge in [0.1, 0.15) is 17.1 Å². The van der Waals surface area contributed by atoms with Crippen LogP contribution in [0.4, 0.5) is 5.82 Å². The maximum absolute atomic E-state index is 12.2. The van der Waals surface area contributed by atoms with Crippen LogP contribution in [-0.2, 0) is 4.74 Å². The third-order valence-electron chi connectivity index (χ3n) is 2.80. The lowest BCUT2D eigenvalue weighted by Crippen LogP contribution is -2.11. The van der Waals surface area contributed by atoms with Crippen molar-refractivity contribution in [3.63, 3.8) is 0 Å². The van der Waals surface area contributed by atoms with Crippen molar-refractivity contribution >= 4 is 29.3 Å². The van der Waals surface area contributed by atoms with Crippen LogP contribution in [-0.4, -0.2) is 39.7 Å². The number of ether oxygens (including phenoxy) is 1. The largest absolute Gasteiger partial charge is 0.507 e. The second-order valence-electron chi connectivity index (χ2n) is 4.41. The van der Waals surface area contributed by atoms with Crippen molar-refractivity contribution in [3.8, 4) is 5.75 Å². The minimum absolute atomic E-state index is 0.0300. The van der Waals surface area contributed by atoms with Crippen LogP contribution in [0, 0.1) is 0 Å². The van der Waals surface area contributed by atoms with Gasteiger partial charge in [-0.1, -0.05) is 11.8 Å². The number of methoxy groups -OCH3 is 1. The summed E-state index contributed by atoms with van der Waals surface area (Å²) in [5, 5.41) is 9.82. The summed E-state index contributed by atoms with van der Waals surface area (Å²) in [5.41, 5.74) is 5.17. The Kier molecular flexibility index (Phi) is 5.02. The van der Waals surface area contributed by atoms with Crippen molar-refractivity contribution in [1.82, 2.24) is 9.97 Å². The Labute approximate surface area is 134 Å². The molecule has 23 heavy (non-hydrogen) atoms. The van der Waals surface area contributed by atoms with Crippen LogP contribution in [0.5, 0.6) is 5.75 Å². The molecular formula is C14H13N3O5S. The van der Waals surface area contributed by atoms with E-state index in [4.69, 9.17) is 5.73 Å². The second kappa shape index (κ2) is 6.97. The highest BCUT2D eigenvalue weighted by atomic mass is 32.2. The van der Waals surface area contributed by atoms with Crippen LogP contribution in [0.1, 0.15) is 20.7 Å². The molecule has 1 aromatic carbocycles. The molecule has 0 saturated carbocycles. The van der Waals surface area contributed by atoms with Crippen molar-refractivity contribution in [2.24, 2.45) is 0 Å². The molecule has 9 heteroatoms. The molecule has 0 amide bonds. The predicted molar refractivity (Wildman–Crippen MR) is 83.8 cm³/mol. The lowest BCUT2D eigenvalue weighted by molar-refractivity contribution is 0.0597. The number of anilines is 1. The molecule has 1 aromatic heterocycles. The minimum atomic E-state index is -0.744. The van der Waals surface area contributed by atoms with Crippen molar-refractivity contribution in [1.29, 1.82) is 0 Å². The van der Waals surface area contributed by atoms with Gasteiger partial charge >= 0.3 is 5.97 Å². The molecular weight excluding hydrogens is 322 g/mol. The average Bonchev–Trinajstić information content (AvgIpc) is 2.51. The molecule has 0 bridgehead atoms. The van der Waals surface area contributed by atoms with Gasteiger partial charge in [0.05, 0.1) is 12.9 Å². The molecule has 2 aromatic rings. The van der Waals surface area contributed by atoms with E-state index in [-0.39, 0.29) is 39.4 Å². The Hall–Kier alpha value is -2.81. The van der Waals surface area contributed by atoms with Gasteiger partial charge < -0.3 is 20.6 Å². The number of nitrogens with zero attached hydrogens (tertiary/aromatic N) is 1. The van der Waals surface area contributed by atoms with Gasteiger partial charge in [0.15, 0.2) is 10.9 Å². The van der Waals surface area contributed by atoms with Gasteiger partial charge in [0, 0.05) is 11.6 Å². The van der Waals surface area contributed by atoms with E-state index >= 15 is 0 Å². The molecule has 0 aliphatic heterocycles. The summed E-state index contributed by atoms with van der Waals surface area (Å²) in [7, 11) is 1.17. The van der Waals surface area contributed by atoms with Crippen molar-refractivity contribution < 1.29 is 19.4 Å². The average molecular weight is 335 g/mol. The fourth-order valence-electron chi connectivity index (χ4n) is 1.72. The summed E-state index contributed by atoms with van der Waals surface area (Å²) >= 11 is 1.00. The predicted octanol–water partition coefficient (Wildman–Crippen LogP) is 0.819. The second-order valence-corrected chi connectivity index (χ2v) is 5.37. The van der Waals surface area contributed by atoms with E-state index in [1.165, 1.54) is 25.3 Å². The number of hydrogen-bond acceptors (Lipinski definition) is 8. The van der Waals surface area contributed by atoms with Gasteiger partial charge in [-0.05, 0) is 18.2 Å². The Morgan fingerprint density at radius 2 is 2.13 bits per heavy atom. The van der Waals surface area contributed by atoms with E-state index in [0.717, 1.165) is 17.8 Å². The van der Waals surface area contributed by atoms with Gasteiger partial charge in [-0.2, -0.15) is 0 Å². The highest BCUT2D eigenvalue weighted by Crippen LogP contribution is 2.21. The lowest BCUT2D eigenvalue weighted by atomic mass is 10.1. The van der Waals surface area contributed by atoms with Crippen LogP contribution in [0.3, 0.4) is 0 Å². The van der Waals surface area contributed by atoms with Crippen molar-refractivity contribution in [3.05, 3.63) is 45.7 Å². The molecule has 0 unspecified atom stereocenters. The number of aromatic hydroxyl groups is 1. The number of nitrogens with two attached hydrogens (primary N) is 1. The highest BCUT2D eigenvalue weighted by Gasteiger charge is 2.16. The zero-order valence-electron chi connectivity index (χ0n) is 12.0. The number of phenolic OH excluding ortho intramolecular Hbond substituents is 1. The Morgan fingerprint density at radius 1 is 1.39 bits per heavy atom. The Balaban J connectivity index is 2.14. The molecule has 0 aliphatic carbocycles. The summed E-state index contributed by atoms with van der Waals surface area (Å²) in [6.45, 7) is 0. The van der Waals surface area contributed by atoms with Gasteiger partial charge in [-0.15, -0.1) is 0 Å². The number of phenols is 1. The van der Waals surface area contributed by atoms with Crippen LogP contribution in [0.2, 0.25) is 0 Å². The number of hydrogen-bond donors (Lipinski definition) is 3. The Morgan fingerprint density at radius 3 is 2.78 bits per heavy atom. The molecule has 0 spiro atoms. The number of rotatable bonds is 5. The number of carbonyl (C=O) groups is 2. The number of Topliss-reactive ketones (excluding diaryl/α,β-unsaturated/α-hetero) is 1.